The maximum Gasteiger partial charge on any atom is 0.183 e. The van der Waals surface area contributed by atoms with Crippen LogP contribution in [0.25, 0.3) is 10.8 Å². The third-order valence-corrected chi connectivity index (χ3v) is 6.36. The van der Waals surface area contributed by atoms with Gasteiger partial charge in [-0.25, -0.2) is 0 Å². The van der Waals surface area contributed by atoms with Crippen molar-refractivity contribution < 1.29 is 9.05 Å². The molecule has 0 aliphatic carbocycles. The van der Waals surface area contributed by atoms with Crippen molar-refractivity contribution in [3.63, 3.8) is 0 Å². The maximum absolute atomic E-state index is 6.08. The highest BCUT2D eigenvalue weighted by Crippen LogP contribution is 2.57. The Morgan fingerprint density at radius 1 is 0.846 bits per heavy atom. The van der Waals surface area contributed by atoms with Crippen LogP contribution in [0.1, 0.15) is 30.6 Å². The fourth-order valence-corrected chi connectivity index (χ4v) is 4.93. The van der Waals surface area contributed by atoms with E-state index in [1.165, 1.54) is 21.9 Å². The molecule has 0 aromatic heterocycles. The minimum Gasteiger partial charge on any atom is -0.388 e. The Morgan fingerprint density at radius 2 is 1.50 bits per heavy atom. The monoisotopic (exact) mass is 367 g/mol. The van der Waals surface area contributed by atoms with Crippen LogP contribution in [0.4, 0.5) is 5.69 Å². The lowest BCUT2D eigenvalue weighted by Gasteiger charge is -2.28. The summed E-state index contributed by atoms with van der Waals surface area (Å²) in [4.78, 5) is 0. The SMILES string of the molecule is CCOP(OCC)C(c1ccc2ccccc2c1)c1ccccc1NC. The average molecular weight is 367 g/mol. The van der Waals surface area contributed by atoms with Gasteiger partial charge in [-0.1, -0.05) is 60.7 Å². The van der Waals surface area contributed by atoms with E-state index in [2.05, 4.69) is 72.0 Å². The highest BCUT2D eigenvalue weighted by molar-refractivity contribution is 7.48. The van der Waals surface area contributed by atoms with Gasteiger partial charge in [0, 0.05) is 12.7 Å². The average Bonchev–Trinajstić information content (AvgIpc) is 2.69. The minimum atomic E-state index is -1.09. The van der Waals surface area contributed by atoms with Crippen LogP contribution in [-0.2, 0) is 9.05 Å². The smallest absolute Gasteiger partial charge is 0.183 e. The molecule has 0 amide bonds. The number of fused-ring (bicyclic) bond motifs is 1. The van der Waals surface area contributed by atoms with E-state index in [0.29, 0.717) is 13.2 Å². The van der Waals surface area contributed by atoms with Crippen LogP contribution in [0.2, 0.25) is 0 Å². The van der Waals surface area contributed by atoms with Gasteiger partial charge in [0.15, 0.2) is 8.38 Å². The van der Waals surface area contributed by atoms with Crippen molar-refractivity contribution in [1.29, 1.82) is 0 Å². The van der Waals surface area contributed by atoms with Crippen LogP contribution in [0.5, 0.6) is 0 Å². The number of rotatable bonds is 8. The molecule has 0 bridgehead atoms. The molecule has 0 fully saturated rings. The Kier molecular flexibility index (Phi) is 6.62. The second-order valence-corrected chi connectivity index (χ2v) is 7.57. The molecule has 0 saturated heterocycles. The van der Waals surface area contributed by atoms with Crippen molar-refractivity contribution in [2.75, 3.05) is 25.6 Å². The minimum absolute atomic E-state index is 0.0538. The predicted octanol–water partition coefficient (Wildman–Crippen LogP) is 6.36. The second kappa shape index (κ2) is 9.14. The summed E-state index contributed by atoms with van der Waals surface area (Å²) < 4.78 is 12.2. The zero-order valence-corrected chi connectivity index (χ0v) is 16.5. The van der Waals surface area contributed by atoms with E-state index in [1.54, 1.807) is 0 Å². The highest BCUT2D eigenvalue weighted by atomic mass is 31.2. The van der Waals surface area contributed by atoms with E-state index in [9.17, 15) is 0 Å². The maximum atomic E-state index is 6.08. The normalized spacial score (nSPS) is 12.5. The molecule has 0 aliphatic rings. The molecule has 1 unspecified atom stereocenters. The van der Waals surface area contributed by atoms with E-state index in [1.807, 2.05) is 20.9 Å². The largest absolute Gasteiger partial charge is 0.388 e. The third-order valence-electron chi connectivity index (χ3n) is 4.34. The molecule has 1 atom stereocenters. The number of benzene rings is 3. The summed E-state index contributed by atoms with van der Waals surface area (Å²) in [6, 6.07) is 23.5. The van der Waals surface area contributed by atoms with Gasteiger partial charge in [-0.3, -0.25) is 0 Å². The second-order valence-electron chi connectivity index (χ2n) is 5.97. The third kappa shape index (κ3) is 4.07. The summed E-state index contributed by atoms with van der Waals surface area (Å²) in [5.41, 5.74) is 3.59. The van der Waals surface area contributed by atoms with Crippen molar-refractivity contribution in [2.24, 2.45) is 0 Å². The fraction of sp³-hybridized carbons (Fsp3) is 0.273. The number of nitrogens with one attached hydrogen (secondary N) is 1. The molecule has 3 rings (SSSR count). The lowest BCUT2D eigenvalue weighted by molar-refractivity contribution is 0.265. The first-order chi connectivity index (χ1) is 12.8. The van der Waals surface area contributed by atoms with Gasteiger partial charge < -0.3 is 14.4 Å². The van der Waals surface area contributed by atoms with Gasteiger partial charge in [0.2, 0.25) is 0 Å². The van der Waals surface area contributed by atoms with Crippen molar-refractivity contribution in [3.05, 3.63) is 77.9 Å². The van der Waals surface area contributed by atoms with E-state index in [-0.39, 0.29) is 5.66 Å². The summed E-state index contributed by atoms with van der Waals surface area (Å²) >= 11 is 0. The zero-order valence-electron chi connectivity index (χ0n) is 15.6. The molecule has 136 valence electrons. The Labute approximate surface area is 157 Å². The van der Waals surface area contributed by atoms with Crippen LogP contribution in [0.15, 0.2) is 66.7 Å². The van der Waals surface area contributed by atoms with Crippen LogP contribution in [-0.4, -0.2) is 20.3 Å². The molecule has 26 heavy (non-hydrogen) atoms. The molecular weight excluding hydrogens is 341 g/mol. The molecular formula is C22H26NO2P. The first-order valence-corrected chi connectivity index (χ1v) is 10.3. The number of para-hydroxylation sites is 1. The zero-order chi connectivity index (χ0) is 18.4. The Morgan fingerprint density at radius 3 is 2.19 bits per heavy atom. The van der Waals surface area contributed by atoms with Crippen LogP contribution in [0, 0.1) is 0 Å². The Hall–Kier alpha value is -1.93. The first-order valence-electron chi connectivity index (χ1n) is 9.08. The van der Waals surface area contributed by atoms with Gasteiger partial charge >= 0.3 is 0 Å². The summed E-state index contributed by atoms with van der Waals surface area (Å²) in [7, 11) is 0.864. The van der Waals surface area contributed by atoms with Crippen LogP contribution >= 0.6 is 8.38 Å². The highest BCUT2D eigenvalue weighted by Gasteiger charge is 2.29. The molecule has 3 aromatic carbocycles. The van der Waals surface area contributed by atoms with E-state index in [4.69, 9.17) is 9.05 Å². The molecule has 0 heterocycles. The first kappa shape index (κ1) is 18.8. The van der Waals surface area contributed by atoms with Gasteiger partial charge in [0.25, 0.3) is 0 Å². The van der Waals surface area contributed by atoms with Gasteiger partial charge in [-0.15, -0.1) is 0 Å². The van der Waals surface area contributed by atoms with E-state index >= 15 is 0 Å². The molecule has 0 spiro atoms. The molecule has 3 nitrogen and oxygen atoms in total. The summed E-state index contributed by atoms with van der Waals surface area (Å²) in [5, 5.41) is 5.80. The molecule has 0 radical (unpaired) electrons. The standard InChI is InChI=1S/C22H26NO2P/c1-4-24-26(25-5-2)22(20-12-8-9-13-21(20)23-3)19-15-14-17-10-6-7-11-18(17)16-19/h6-16,22-23H,4-5H2,1-3H3. The van der Waals surface area contributed by atoms with Crippen LogP contribution < -0.4 is 5.32 Å². The number of hydrogen-bond donors (Lipinski definition) is 1. The summed E-state index contributed by atoms with van der Waals surface area (Å²) in [6.07, 6.45) is 0. The van der Waals surface area contributed by atoms with E-state index in [0.717, 1.165) is 5.69 Å². The van der Waals surface area contributed by atoms with Crippen molar-refractivity contribution in [3.8, 4) is 0 Å². The van der Waals surface area contributed by atoms with Gasteiger partial charge in [0.05, 0.1) is 18.9 Å². The summed E-state index contributed by atoms with van der Waals surface area (Å²) in [6.45, 7) is 5.32. The number of anilines is 1. The Bertz CT molecular complexity index is 846. The molecule has 0 aliphatic heterocycles. The lowest BCUT2D eigenvalue weighted by Crippen LogP contribution is -2.07. The molecule has 4 heteroatoms. The fourth-order valence-electron chi connectivity index (χ4n) is 3.20. The lowest BCUT2D eigenvalue weighted by atomic mass is 9.99. The van der Waals surface area contributed by atoms with Gasteiger partial charge in [-0.05, 0) is 41.8 Å². The summed E-state index contributed by atoms with van der Waals surface area (Å²) in [5.74, 6) is 0. The number of hydrogen-bond acceptors (Lipinski definition) is 3. The van der Waals surface area contributed by atoms with Crippen molar-refractivity contribution in [2.45, 2.75) is 19.5 Å². The van der Waals surface area contributed by atoms with Crippen LogP contribution in [0.3, 0.4) is 0 Å². The topological polar surface area (TPSA) is 30.5 Å². The predicted molar refractivity (Wildman–Crippen MR) is 112 cm³/mol. The molecule has 1 N–H and O–H groups in total. The molecule has 0 saturated carbocycles. The van der Waals surface area contributed by atoms with E-state index < -0.39 is 8.38 Å². The van der Waals surface area contributed by atoms with Crippen molar-refractivity contribution >= 4 is 24.8 Å². The van der Waals surface area contributed by atoms with Gasteiger partial charge in [0.1, 0.15) is 0 Å². The van der Waals surface area contributed by atoms with Crippen molar-refractivity contribution in [1.82, 2.24) is 0 Å². The van der Waals surface area contributed by atoms with Gasteiger partial charge in [-0.2, -0.15) is 0 Å². The Balaban J connectivity index is 2.14. The molecule has 3 aromatic rings. The quantitative estimate of drug-likeness (QED) is 0.470.